The summed E-state index contributed by atoms with van der Waals surface area (Å²) in [6, 6.07) is 6.65. The van der Waals surface area contributed by atoms with E-state index < -0.39 is 0 Å². The molecule has 0 amide bonds. The second-order valence-electron chi connectivity index (χ2n) is 5.25. The number of nitrogens with two attached hydrogens (primary N) is 1. The largest absolute Gasteiger partial charge is 0.374 e. The van der Waals surface area contributed by atoms with Crippen LogP contribution in [0, 0.1) is 6.92 Å². The average Bonchev–Trinajstić information content (AvgIpc) is 2.29. The van der Waals surface area contributed by atoms with Crippen LogP contribution < -0.4 is 10.6 Å². The maximum absolute atomic E-state index is 5.69. The van der Waals surface area contributed by atoms with Gasteiger partial charge >= 0.3 is 0 Å². The van der Waals surface area contributed by atoms with Crippen LogP contribution >= 0.6 is 0 Å². The molecule has 0 bridgehead atoms. The second-order valence-corrected chi connectivity index (χ2v) is 5.25. The Morgan fingerprint density at radius 2 is 1.83 bits per heavy atom. The minimum absolute atomic E-state index is 0.710. The van der Waals surface area contributed by atoms with E-state index in [1.807, 2.05) is 0 Å². The number of aryl methyl sites for hydroxylation is 1. The molecule has 2 N–H and O–H groups in total. The molecule has 3 nitrogen and oxygen atoms in total. The Bertz CT molecular complexity index is 361. The lowest BCUT2D eigenvalue weighted by molar-refractivity contribution is 0.401. The van der Waals surface area contributed by atoms with Crippen LogP contribution in [-0.2, 0) is 6.42 Å². The Labute approximate surface area is 112 Å². The van der Waals surface area contributed by atoms with Gasteiger partial charge in [0, 0.05) is 19.3 Å². The highest BCUT2D eigenvalue weighted by Gasteiger charge is 2.07. The number of anilines is 1. The van der Waals surface area contributed by atoms with Crippen LogP contribution in [0.2, 0.25) is 0 Å². The zero-order chi connectivity index (χ0) is 13.5. The average molecular weight is 249 g/mol. The maximum atomic E-state index is 5.69. The number of hydrogen-bond donors (Lipinski definition) is 1. The van der Waals surface area contributed by atoms with Crippen molar-refractivity contribution in [3.63, 3.8) is 0 Å². The summed E-state index contributed by atoms with van der Waals surface area (Å²) in [6.45, 7) is 5.05. The van der Waals surface area contributed by atoms with Crippen LogP contribution in [0.3, 0.4) is 0 Å². The molecule has 3 heteroatoms. The van der Waals surface area contributed by atoms with Crippen molar-refractivity contribution in [1.29, 1.82) is 0 Å². The van der Waals surface area contributed by atoms with Crippen molar-refractivity contribution in [2.24, 2.45) is 5.73 Å². The van der Waals surface area contributed by atoms with Gasteiger partial charge in [0.2, 0.25) is 0 Å². The molecule has 0 spiro atoms. The number of nitrogens with zero attached hydrogens (tertiary/aromatic N) is 2. The molecule has 1 aromatic carbocycles. The van der Waals surface area contributed by atoms with Crippen LogP contribution in [0.15, 0.2) is 18.2 Å². The lowest BCUT2D eigenvalue weighted by atomic mass is 10.1. The Kier molecular flexibility index (Phi) is 6.16. The summed E-state index contributed by atoms with van der Waals surface area (Å²) >= 11 is 0. The van der Waals surface area contributed by atoms with Crippen LogP contribution in [-0.4, -0.2) is 45.7 Å². The van der Waals surface area contributed by atoms with Gasteiger partial charge in [0.1, 0.15) is 0 Å². The summed E-state index contributed by atoms with van der Waals surface area (Å²) in [5, 5.41) is 0. The Hall–Kier alpha value is -1.06. The standard InChI is InChI=1S/C15H27N3/c1-13-6-7-15(14(12-13)8-9-16)18(4)11-5-10-17(2)3/h6-7,12H,5,8-11,16H2,1-4H3. The predicted octanol–water partition coefficient (Wildman–Crippen LogP) is 1.88. The van der Waals surface area contributed by atoms with E-state index in [1.54, 1.807) is 0 Å². The van der Waals surface area contributed by atoms with Gasteiger partial charge in [-0.05, 0) is 58.6 Å². The van der Waals surface area contributed by atoms with E-state index in [-0.39, 0.29) is 0 Å². The first-order valence-corrected chi connectivity index (χ1v) is 6.70. The van der Waals surface area contributed by atoms with Crippen molar-refractivity contribution >= 4 is 5.69 Å². The summed E-state index contributed by atoms with van der Waals surface area (Å²) in [5.74, 6) is 0. The van der Waals surface area contributed by atoms with E-state index in [4.69, 9.17) is 5.73 Å². The molecule has 1 rings (SSSR count). The lowest BCUT2D eigenvalue weighted by Gasteiger charge is -2.23. The van der Waals surface area contributed by atoms with Crippen LogP contribution in [0.25, 0.3) is 0 Å². The molecule has 0 heterocycles. The highest BCUT2D eigenvalue weighted by atomic mass is 15.1. The molecular formula is C15H27N3. The fourth-order valence-electron chi connectivity index (χ4n) is 2.19. The first-order valence-electron chi connectivity index (χ1n) is 6.70. The predicted molar refractivity (Wildman–Crippen MR) is 80.4 cm³/mol. The van der Waals surface area contributed by atoms with Gasteiger partial charge in [-0.25, -0.2) is 0 Å². The van der Waals surface area contributed by atoms with Crippen molar-refractivity contribution < 1.29 is 0 Å². The molecule has 0 aliphatic rings. The third-order valence-electron chi connectivity index (χ3n) is 3.16. The minimum Gasteiger partial charge on any atom is -0.374 e. The minimum atomic E-state index is 0.710. The van der Waals surface area contributed by atoms with Gasteiger partial charge < -0.3 is 15.5 Å². The van der Waals surface area contributed by atoms with E-state index in [9.17, 15) is 0 Å². The SMILES string of the molecule is Cc1ccc(N(C)CCCN(C)C)c(CCN)c1. The van der Waals surface area contributed by atoms with Crippen molar-refractivity contribution in [2.45, 2.75) is 19.8 Å². The molecule has 0 saturated carbocycles. The van der Waals surface area contributed by atoms with Gasteiger partial charge in [-0.15, -0.1) is 0 Å². The summed E-state index contributed by atoms with van der Waals surface area (Å²) in [6.07, 6.45) is 2.13. The normalized spacial score (nSPS) is 11.0. The highest BCUT2D eigenvalue weighted by Crippen LogP contribution is 2.21. The molecule has 0 radical (unpaired) electrons. The van der Waals surface area contributed by atoms with Crippen molar-refractivity contribution in [1.82, 2.24) is 4.90 Å². The molecule has 0 aliphatic heterocycles. The Morgan fingerprint density at radius 3 is 2.44 bits per heavy atom. The third-order valence-corrected chi connectivity index (χ3v) is 3.16. The van der Waals surface area contributed by atoms with Gasteiger partial charge in [0.05, 0.1) is 0 Å². The van der Waals surface area contributed by atoms with E-state index in [0.29, 0.717) is 6.54 Å². The van der Waals surface area contributed by atoms with Crippen LogP contribution in [0.4, 0.5) is 5.69 Å². The molecule has 102 valence electrons. The molecule has 0 unspecified atom stereocenters. The third kappa shape index (κ3) is 4.67. The summed E-state index contributed by atoms with van der Waals surface area (Å²) in [4.78, 5) is 4.57. The highest BCUT2D eigenvalue weighted by molar-refractivity contribution is 5.54. The molecule has 0 fully saturated rings. The van der Waals surface area contributed by atoms with Gasteiger partial charge in [-0.2, -0.15) is 0 Å². The lowest BCUT2D eigenvalue weighted by Crippen LogP contribution is -2.24. The maximum Gasteiger partial charge on any atom is 0.0396 e. The van der Waals surface area contributed by atoms with Crippen molar-refractivity contribution in [2.75, 3.05) is 45.7 Å². The van der Waals surface area contributed by atoms with Gasteiger partial charge in [-0.1, -0.05) is 17.7 Å². The first kappa shape index (κ1) is 15.0. The Balaban J connectivity index is 2.68. The fourth-order valence-corrected chi connectivity index (χ4v) is 2.19. The summed E-state index contributed by atoms with van der Waals surface area (Å²) in [7, 11) is 6.40. The molecule has 0 aliphatic carbocycles. The number of hydrogen-bond acceptors (Lipinski definition) is 3. The number of benzene rings is 1. The molecule has 0 atom stereocenters. The van der Waals surface area contributed by atoms with Crippen LogP contribution in [0.1, 0.15) is 17.5 Å². The number of rotatable bonds is 7. The second kappa shape index (κ2) is 7.39. The van der Waals surface area contributed by atoms with E-state index in [2.05, 4.69) is 56.1 Å². The van der Waals surface area contributed by atoms with Gasteiger partial charge in [0.25, 0.3) is 0 Å². The van der Waals surface area contributed by atoms with Gasteiger partial charge in [-0.3, -0.25) is 0 Å². The molecular weight excluding hydrogens is 222 g/mol. The molecule has 0 saturated heterocycles. The molecule has 18 heavy (non-hydrogen) atoms. The molecule has 0 aromatic heterocycles. The molecule has 1 aromatic rings. The summed E-state index contributed by atoms with van der Waals surface area (Å²) < 4.78 is 0. The zero-order valence-corrected chi connectivity index (χ0v) is 12.2. The quantitative estimate of drug-likeness (QED) is 0.801. The van der Waals surface area contributed by atoms with E-state index in [0.717, 1.165) is 19.5 Å². The Morgan fingerprint density at radius 1 is 1.11 bits per heavy atom. The topological polar surface area (TPSA) is 32.5 Å². The monoisotopic (exact) mass is 249 g/mol. The van der Waals surface area contributed by atoms with Crippen molar-refractivity contribution in [3.8, 4) is 0 Å². The summed E-state index contributed by atoms with van der Waals surface area (Å²) in [5.41, 5.74) is 9.69. The van der Waals surface area contributed by atoms with Crippen LogP contribution in [0.5, 0.6) is 0 Å². The van der Waals surface area contributed by atoms with Crippen molar-refractivity contribution in [3.05, 3.63) is 29.3 Å². The van der Waals surface area contributed by atoms with E-state index in [1.165, 1.54) is 23.2 Å². The zero-order valence-electron chi connectivity index (χ0n) is 12.2. The smallest absolute Gasteiger partial charge is 0.0396 e. The van der Waals surface area contributed by atoms with E-state index >= 15 is 0 Å². The van der Waals surface area contributed by atoms with Gasteiger partial charge in [0.15, 0.2) is 0 Å². The fraction of sp³-hybridized carbons (Fsp3) is 0.600. The first-order chi connectivity index (χ1) is 8.54.